The van der Waals surface area contributed by atoms with Crippen molar-refractivity contribution in [2.24, 2.45) is 18.2 Å². The summed E-state index contributed by atoms with van der Waals surface area (Å²) in [6.07, 6.45) is 4.65. The standard InChI is InChI=1S/C15H24N4O2/c1-4-5-15(14(16)21)6-8-19(9-7-15)13(20)12-10-17-18(3)11(12)2/h10H,4-9H2,1-3H3,(H2,16,21). The Morgan fingerprint density at radius 3 is 2.43 bits per heavy atom. The smallest absolute Gasteiger partial charge is 0.257 e. The van der Waals surface area contributed by atoms with Crippen LogP contribution in [0.3, 0.4) is 0 Å². The Hall–Kier alpha value is -1.85. The summed E-state index contributed by atoms with van der Waals surface area (Å²) in [5, 5.41) is 4.11. The lowest BCUT2D eigenvalue weighted by atomic mass is 9.74. The zero-order chi connectivity index (χ0) is 15.6. The molecule has 0 bridgehead atoms. The van der Waals surface area contributed by atoms with E-state index >= 15 is 0 Å². The van der Waals surface area contributed by atoms with E-state index in [1.54, 1.807) is 15.8 Å². The molecule has 1 saturated heterocycles. The van der Waals surface area contributed by atoms with Gasteiger partial charge in [0.05, 0.1) is 17.2 Å². The Kier molecular flexibility index (Phi) is 4.34. The van der Waals surface area contributed by atoms with E-state index in [0.29, 0.717) is 31.5 Å². The second-order valence-electron chi connectivity index (χ2n) is 5.95. The van der Waals surface area contributed by atoms with Crippen molar-refractivity contribution in [2.45, 2.75) is 39.5 Å². The molecule has 2 amide bonds. The topological polar surface area (TPSA) is 81.2 Å². The Morgan fingerprint density at radius 1 is 1.38 bits per heavy atom. The van der Waals surface area contributed by atoms with E-state index < -0.39 is 5.41 Å². The predicted octanol–water partition coefficient (Wildman–Crippen LogP) is 1.24. The van der Waals surface area contributed by atoms with Crippen molar-refractivity contribution in [1.29, 1.82) is 0 Å². The molecule has 2 N–H and O–H groups in total. The van der Waals surface area contributed by atoms with Gasteiger partial charge < -0.3 is 10.6 Å². The number of hydrogen-bond donors (Lipinski definition) is 1. The van der Waals surface area contributed by atoms with Gasteiger partial charge in [0.2, 0.25) is 5.91 Å². The zero-order valence-corrected chi connectivity index (χ0v) is 13.1. The first-order valence-electron chi connectivity index (χ1n) is 7.49. The van der Waals surface area contributed by atoms with Crippen LogP contribution in [0.15, 0.2) is 6.20 Å². The minimum atomic E-state index is -0.435. The summed E-state index contributed by atoms with van der Waals surface area (Å²) in [4.78, 5) is 26.1. The molecule has 0 saturated carbocycles. The second-order valence-corrected chi connectivity index (χ2v) is 5.95. The summed E-state index contributed by atoms with van der Waals surface area (Å²) in [5.74, 6) is -0.232. The lowest BCUT2D eigenvalue weighted by Crippen LogP contribution is -2.48. The van der Waals surface area contributed by atoms with Crippen LogP contribution in [0.2, 0.25) is 0 Å². The van der Waals surface area contributed by atoms with Gasteiger partial charge in [-0.15, -0.1) is 0 Å². The number of piperidine rings is 1. The first-order chi connectivity index (χ1) is 9.91. The van der Waals surface area contributed by atoms with E-state index in [0.717, 1.165) is 18.5 Å². The fourth-order valence-electron chi connectivity index (χ4n) is 3.11. The SMILES string of the molecule is CCCC1(C(N)=O)CCN(C(=O)c2cnn(C)c2C)CC1. The van der Waals surface area contributed by atoms with E-state index in [1.165, 1.54) is 0 Å². The van der Waals surface area contributed by atoms with Gasteiger partial charge in [0, 0.05) is 25.8 Å². The van der Waals surface area contributed by atoms with Crippen LogP contribution in [0, 0.1) is 12.3 Å². The number of aryl methyl sites for hydroxylation is 1. The number of nitrogens with two attached hydrogens (primary N) is 1. The molecule has 0 unspecified atom stereocenters. The monoisotopic (exact) mass is 292 g/mol. The first kappa shape index (κ1) is 15.5. The minimum absolute atomic E-state index is 0.00447. The molecule has 1 aromatic heterocycles. The van der Waals surface area contributed by atoms with Gasteiger partial charge >= 0.3 is 0 Å². The Labute approximate surface area is 125 Å². The van der Waals surface area contributed by atoms with Crippen LogP contribution in [0.25, 0.3) is 0 Å². The van der Waals surface area contributed by atoms with Crippen molar-refractivity contribution in [2.75, 3.05) is 13.1 Å². The van der Waals surface area contributed by atoms with Gasteiger partial charge in [-0.25, -0.2) is 0 Å². The third-order valence-corrected chi connectivity index (χ3v) is 4.72. The third-order valence-electron chi connectivity index (χ3n) is 4.72. The molecule has 6 nitrogen and oxygen atoms in total. The van der Waals surface area contributed by atoms with E-state index in [9.17, 15) is 9.59 Å². The highest BCUT2D eigenvalue weighted by atomic mass is 16.2. The van der Waals surface area contributed by atoms with Gasteiger partial charge in [0.1, 0.15) is 0 Å². The quantitative estimate of drug-likeness (QED) is 0.906. The molecule has 1 aliphatic heterocycles. The fourth-order valence-corrected chi connectivity index (χ4v) is 3.11. The molecule has 0 aromatic carbocycles. The van der Waals surface area contributed by atoms with Crippen LogP contribution in [0.4, 0.5) is 0 Å². The number of aromatic nitrogens is 2. The highest BCUT2D eigenvalue weighted by Gasteiger charge is 2.40. The number of likely N-dealkylation sites (tertiary alicyclic amines) is 1. The molecule has 2 heterocycles. The maximum atomic E-state index is 12.5. The van der Waals surface area contributed by atoms with Crippen LogP contribution in [0.1, 0.15) is 48.7 Å². The summed E-state index contributed by atoms with van der Waals surface area (Å²) >= 11 is 0. The number of nitrogens with zero attached hydrogens (tertiary/aromatic N) is 3. The molecule has 116 valence electrons. The van der Waals surface area contributed by atoms with Crippen molar-refractivity contribution in [3.63, 3.8) is 0 Å². The molecule has 2 rings (SSSR count). The summed E-state index contributed by atoms with van der Waals surface area (Å²) in [5.41, 5.74) is 6.66. The van der Waals surface area contributed by atoms with Crippen LogP contribution in [-0.4, -0.2) is 39.6 Å². The molecule has 1 fully saturated rings. The van der Waals surface area contributed by atoms with E-state index in [1.807, 2.05) is 14.0 Å². The lowest BCUT2D eigenvalue weighted by molar-refractivity contribution is -0.130. The summed E-state index contributed by atoms with van der Waals surface area (Å²) < 4.78 is 1.70. The molecular weight excluding hydrogens is 268 g/mol. The van der Waals surface area contributed by atoms with Gasteiger partial charge in [-0.3, -0.25) is 14.3 Å². The maximum Gasteiger partial charge on any atom is 0.257 e. The lowest BCUT2D eigenvalue weighted by Gasteiger charge is -2.39. The number of carbonyl (C=O) groups is 2. The number of carbonyl (C=O) groups excluding carboxylic acids is 2. The average molecular weight is 292 g/mol. The number of hydrogen-bond acceptors (Lipinski definition) is 3. The number of primary amides is 1. The van der Waals surface area contributed by atoms with Crippen molar-refractivity contribution in [3.8, 4) is 0 Å². The normalized spacial score (nSPS) is 17.8. The largest absolute Gasteiger partial charge is 0.369 e. The molecule has 0 radical (unpaired) electrons. The average Bonchev–Trinajstić information content (AvgIpc) is 2.79. The Balaban J connectivity index is 2.08. The molecule has 6 heteroatoms. The maximum absolute atomic E-state index is 12.5. The van der Waals surface area contributed by atoms with Gasteiger partial charge in [-0.1, -0.05) is 13.3 Å². The van der Waals surface area contributed by atoms with Gasteiger partial charge in [0.25, 0.3) is 5.91 Å². The number of amides is 2. The van der Waals surface area contributed by atoms with E-state index in [-0.39, 0.29) is 11.8 Å². The minimum Gasteiger partial charge on any atom is -0.369 e. The second kappa shape index (κ2) is 5.87. The first-order valence-corrected chi connectivity index (χ1v) is 7.49. The molecule has 1 aromatic rings. The molecular formula is C15H24N4O2. The predicted molar refractivity (Wildman–Crippen MR) is 79.6 cm³/mol. The Bertz CT molecular complexity index is 542. The van der Waals surface area contributed by atoms with Crippen LogP contribution >= 0.6 is 0 Å². The molecule has 21 heavy (non-hydrogen) atoms. The fraction of sp³-hybridized carbons (Fsp3) is 0.667. The van der Waals surface area contributed by atoms with Crippen LogP contribution in [-0.2, 0) is 11.8 Å². The van der Waals surface area contributed by atoms with Crippen LogP contribution in [0.5, 0.6) is 0 Å². The van der Waals surface area contributed by atoms with Gasteiger partial charge in [-0.2, -0.15) is 5.10 Å². The van der Waals surface area contributed by atoms with Crippen LogP contribution < -0.4 is 5.73 Å². The van der Waals surface area contributed by atoms with E-state index in [2.05, 4.69) is 12.0 Å². The molecule has 0 spiro atoms. The zero-order valence-electron chi connectivity index (χ0n) is 13.1. The van der Waals surface area contributed by atoms with Gasteiger partial charge in [-0.05, 0) is 26.2 Å². The highest BCUT2D eigenvalue weighted by molar-refractivity contribution is 5.95. The van der Waals surface area contributed by atoms with E-state index in [4.69, 9.17) is 5.73 Å². The molecule has 1 aliphatic rings. The summed E-state index contributed by atoms with van der Waals surface area (Å²) in [6, 6.07) is 0. The van der Waals surface area contributed by atoms with Crippen molar-refractivity contribution in [1.82, 2.24) is 14.7 Å². The number of rotatable bonds is 4. The van der Waals surface area contributed by atoms with Crippen molar-refractivity contribution >= 4 is 11.8 Å². The molecule has 0 atom stereocenters. The molecule has 0 aliphatic carbocycles. The Morgan fingerprint density at radius 2 is 2.00 bits per heavy atom. The summed E-state index contributed by atoms with van der Waals surface area (Å²) in [6.45, 7) is 5.10. The third kappa shape index (κ3) is 2.80. The van der Waals surface area contributed by atoms with Gasteiger partial charge in [0.15, 0.2) is 0 Å². The van der Waals surface area contributed by atoms with Crippen molar-refractivity contribution < 1.29 is 9.59 Å². The van der Waals surface area contributed by atoms with Crippen molar-refractivity contribution in [3.05, 3.63) is 17.5 Å². The summed E-state index contributed by atoms with van der Waals surface area (Å²) in [7, 11) is 1.82. The highest BCUT2D eigenvalue weighted by Crippen LogP contribution is 2.36.